The molecule has 7 nitrogen and oxygen atoms in total. The molecule has 1 atom stereocenters. The molecule has 2 aromatic rings. The van der Waals surface area contributed by atoms with Crippen molar-refractivity contribution >= 4 is 6.08 Å². The standard InChI is InChI=1S/C16H17N3O4/c20-16-12(7-11-9-22-6-4-13(11)17-16)15-18-14(23-19-15)2-1-10-3-5-21-8-10/h1-2,7,10H,3-6,8-9H2,(H,17,20)/b2-1+. The average Bonchev–Trinajstić information content (AvgIpc) is 3.24. The second-order valence-electron chi connectivity index (χ2n) is 5.76. The maximum Gasteiger partial charge on any atom is 0.259 e. The van der Waals surface area contributed by atoms with Crippen molar-refractivity contribution in [2.24, 2.45) is 5.92 Å². The molecule has 1 fully saturated rings. The van der Waals surface area contributed by atoms with Crippen LogP contribution in [0.2, 0.25) is 0 Å². The molecular weight excluding hydrogens is 298 g/mol. The van der Waals surface area contributed by atoms with Gasteiger partial charge in [-0.05, 0) is 24.1 Å². The SMILES string of the molecule is O=c1[nH]c2c(cc1-c1noc(/C=C/C3CCOC3)n1)COCC2. The van der Waals surface area contributed by atoms with Gasteiger partial charge < -0.3 is 19.0 Å². The van der Waals surface area contributed by atoms with Crippen LogP contribution in [-0.4, -0.2) is 34.9 Å². The third kappa shape index (κ3) is 2.97. The smallest absolute Gasteiger partial charge is 0.259 e. The van der Waals surface area contributed by atoms with E-state index in [-0.39, 0.29) is 5.56 Å². The van der Waals surface area contributed by atoms with E-state index in [1.54, 1.807) is 12.1 Å². The van der Waals surface area contributed by atoms with Crippen molar-refractivity contribution in [1.82, 2.24) is 15.1 Å². The first-order valence-electron chi connectivity index (χ1n) is 7.72. The van der Waals surface area contributed by atoms with Crippen molar-refractivity contribution in [3.63, 3.8) is 0 Å². The molecule has 2 aliphatic heterocycles. The third-order valence-electron chi connectivity index (χ3n) is 4.13. The largest absolute Gasteiger partial charge is 0.381 e. The first-order valence-corrected chi connectivity index (χ1v) is 7.72. The Hall–Kier alpha value is -2.25. The van der Waals surface area contributed by atoms with E-state index in [0.717, 1.165) is 30.9 Å². The van der Waals surface area contributed by atoms with E-state index in [4.69, 9.17) is 14.0 Å². The zero-order valence-corrected chi connectivity index (χ0v) is 12.6. The van der Waals surface area contributed by atoms with Crippen LogP contribution in [0.5, 0.6) is 0 Å². The van der Waals surface area contributed by atoms with Crippen LogP contribution < -0.4 is 5.56 Å². The van der Waals surface area contributed by atoms with Gasteiger partial charge in [0.15, 0.2) is 0 Å². The van der Waals surface area contributed by atoms with Crippen LogP contribution in [0.25, 0.3) is 17.5 Å². The molecule has 0 bridgehead atoms. The minimum Gasteiger partial charge on any atom is -0.381 e. The van der Waals surface area contributed by atoms with E-state index < -0.39 is 0 Å². The Kier molecular flexibility index (Phi) is 3.80. The molecule has 0 amide bonds. The fourth-order valence-corrected chi connectivity index (χ4v) is 2.82. The van der Waals surface area contributed by atoms with E-state index in [1.807, 2.05) is 6.08 Å². The quantitative estimate of drug-likeness (QED) is 0.924. The maximum atomic E-state index is 12.2. The van der Waals surface area contributed by atoms with Gasteiger partial charge in [-0.3, -0.25) is 4.79 Å². The summed E-state index contributed by atoms with van der Waals surface area (Å²) in [5.74, 6) is 1.07. The highest BCUT2D eigenvalue weighted by Crippen LogP contribution is 2.20. The number of ether oxygens (including phenoxy) is 2. The Balaban J connectivity index is 1.60. The number of hydrogen-bond acceptors (Lipinski definition) is 6. The highest BCUT2D eigenvalue weighted by Gasteiger charge is 2.17. The van der Waals surface area contributed by atoms with Crippen molar-refractivity contribution in [2.75, 3.05) is 19.8 Å². The number of aromatic nitrogens is 3. The lowest BCUT2D eigenvalue weighted by atomic mass is 10.1. The zero-order valence-electron chi connectivity index (χ0n) is 12.6. The maximum absolute atomic E-state index is 12.2. The number of fused-ring (bicyclic) bond motifs is 1. The summed E-state index contributed by atoms with van der Waals surface area (Å²) in [5.41, 5.74) is 2.10. The molecular formula is C16H17N3O4. The lowest BCUT2D eigenvalue weighted by Gasteiger charge is -2.15. The summed E-state index contributed by atoms with van der Waals surface area (Å²) in [6.07, 6.45) is 5.51. The first-order chi connectivity index (χ1) is 11.3. The lowest BCUT2D eigenvalue weighted by Crippen LogP contribution is -2.19. The van der Waals surface area contributed by atoms with Gasteiger partial charge in [0.05, 0.1) is 25.4 Å². The molecule has 1 saturated heterocycles. The molecule has 4 heterocycles. The third-order valence-corrected chi connectivity index (χ3v) is 4.13. The predicted molar refractivity (Wildman–Crippen MR) is 81.7 cm³/mol. The van der Waals surface area contributed by atoms with Gasteiger partial charge in [-0.15, -0.1) is 0 Å². The zero-order chi connectivity index (χ0) is 15.6. The van der Waals surface area contributed by atoms with Crippen molar-refractivity contribution < 1.29 is 14.0 Å². The summed E-state index contributed by atoms with van der Waals surface area (Å²) in [6, 6.07) is 1.79. The van der Waals surface area contributed by atoms with Crippen LogP contribution in [0.15, 0.2) is 21.5 Å². The Bertz CT molecular complexity index is 787. The van der Waals surface area contributed by atoms with Gasteiger partial charge in [0, 0.05) is 24.6 Å². The Morgan fingerprint density at radius 1 is 1.30 bits per heavy atom. The fourth-order valence-electron chi connectivity index (χ4n) is 2.82. The van der Waals surface area contributed by atoms with Crippen molar-refractivity contribution in [3.05, 3.63) is 39.6 Å². The second kappa shape index (κ2) is 6.10. The van der Waals surface area contributed by atoms with Crippen LogP contribution in [0, 0.1) is 5.92 Å². The van der Waals surface area contributed by atoms with Gasteiger partial charge in [0.2, 0.25) is 5.82 Å². The van der Waals surface area contributed by atoms with Gasteiger partial charge >= 0.3 is 0 Å². The normalized spacial score (nSPS) is 21.0. The van der Waals surface area contributed by atoms with Crippen LogP contribution >= 0.6 is 0 Å². The summed E-state index contributed by atoms with van der Waals surface area (Å²) >= 11 is 0. The summed E-state index contributed by atoms with van der Waals surface area (Å²) in [4.78, 5) is 19.4. The number of nitrogens with one attached hydrogen (secondary N) is 1. The van der Waals surface area contributed by atoms with Crippen molar-refractivity contribution in [1.29, 1.82) is 0 Å². The van der Waals surface area contributed by atoms with Gasteiger partial charge in [0.1, 0.15) is 0 Å². The van der Waals surface area contributed by atoms with E-state index in [1.165, 1.54) is 0 Å². The molecule has 2 aliphatic rings. The number of nitrogens with zero attached hydrogens (tertiary/aromatic N) is 2. The average molecular weight is 315 g/mol. The molecule has 0 saturated carbocycles. The van der Waals surface area contributed by atoms with Crippen LogP contribution in [0.3, 0.4) is 0 Å². The molecule has 1 N–H and O–H groups in total. The molecule has 0 radical (unpaired) electrons. The fraction of sp³-hybridized carbons (Fsp3) is 0.438. The molecule has 0 aromatic carbocycles. The Labute approximate surface area is 132 Å². The van der Waals surface area contributed by atoms with Gasteiger partial charge in [-0.25, -0.2) is 0 Å². The monoisotopic (exact) mass is 315 g/mol. The number of aromatic amines is 1. The summed E-state index contributed by atoms with van der Waals surface area (Å²) in [5, 5.41) is 3.91. The molecule has 23 heavy (non-hydrogen) atoms. The molecule has 7 heteroatoms. The molecule has 0 spiro atoms. The highest BCUT2D eigenvalue weighted by atomic mass is 16.5. The summed E-state index contributed by atoms with van der Waals surface area (Å²) in [6.45, 7) is 2.63. The molecule has 1 unspecified atom stereocenters. The summed E-state index contributed by atoms with van der Waals surface area (Å²) in [7, 11) is 0. The number of H-pyrrole nitrogens is 1. The topological polar surface area (TPSA) is 90.2 Å². The van der Waals surface area contributed by atoms with Crippen molar-refractivity contribution in [3.8, 4) is 11.4 Å². The van der Waals surface area contributed by atoms with Gasteiger partial charge in [-0.2, -0.15) is 4.98 Å². The molecule has 2 aromatic heterocycles. The second-order valence-corrected chi connectivity index (χ2v) is 5.76. The van der Waals surface area contributed by atoms with E-state index in [0.29, 0.717) is 42.8 Å². The van der Waals surface area contributed by atoms with Crippen LogP contribution in [0.4, 0.5) is 0 Å². The van der Waals surface area contributed by atoms with Crippen molar-refractivity contribution in [2.45, 2.75) is 19.4 Å². The number of rotatable bonds is 3. The lowest BCUT2D eigenvalue weighted by molar-refractivity contribution is 0.109. The van der Waals surface area contributed by atoms with Crippen LogP contribution in [0.1, 0.15) is 23.6 Å². The van der Waals surface area contributed by atoms with E-state index in [9.17, 15) is 4.79 Å². The minimum atomic E-state index is -0.203. The molecule has 4 rings (SSSR count). The Morgan fingerprint density at radius 3 is 3.13 bits per heavy atom. The first kappa shape index (κ1) is 14.3. The Morgan fingerprint density at radius 2 is 2.26 bits per heavy atom. The molecule has 0 aliphatic carbocycles. The predicted octanol–water partition coefficient (Wildman–Crippen LogP) is 1.55. The molecule has 120 valence electrons. The van der Waals surface area contributed by atoms with E-state index >= 15 is 0 Å². The van der Waals surface area contributed by atoms with Crippen LogP contribution in [-0.2, 0) is 22.5 Å². The van der Waals surface area contributed by atoms with Gasteiger partial charge in [0.25, 0.3) is 11.4 Å². The summed E-state index contributed by atoms with van der Waals surface area (Å²) < 4.78 is 15.9. The highest BCUT2D eigenvalue weighted by molar-refractivity contribution is 5.56. The van der Waals surface area contributed by atoms with E-state index in [2.05, 4.69) is 15.1 Å². The number of pyridine rings is 1. The van der Waals surface area contributed by atoms with Gasteiger partial charge in [-0.1, -0.05) is 11.2 Å². The minimum absolute atomic E-state index is 0.203. The number of hydrogen-bond donors (Lipinski definition) is 1.